The van der Waals surface area contributed by atoms with Crippen LogP contribution in [0.4, 0.5) is 13.2 Å². The van der Waals surface area contributed by atoms with Gasteiger partial charge in [0.1, 0.15) is 0 Å². The number of carboxylic acid groups (broad SMARTS) is 2. The van der Waals surface area contributed by atoms with E-state index >= 15 is 0 Å². The van der Waals surface area contributed by atoms with Gasteiger partial charge in [-0.1, -0.05) is 13.8 Å². The van der Waals surface area contributed by atoms with E-state index in [2.05, 4.69) is 9.97 Å². The Morgan fingerprint density at radius 3 is 1.80 bits per heavy atom. The molecule has 45 heavy (non-hydrogen) atoms. The zero-order valence-electron chi connectivity index (χ0n) is 25.8. The van der Waals surface area contributed by atoms with E-state index in [0.29, 0.717) is 56.9 Å². The van der Waals surface area contributed by atoms with Crippen LogP contribution in [0.5, 0.6) is 0 Å². The van der Waals surface area contributed by atoms with Crippen LogP contribution in [0, 0.1) is 6.92 Å². The van der Waals surface area contributed by atoms with Gasteiger partial charge in [0, 0.05) is 29.4 Å². The van der Waals surface area contributed by atoms with Gasteiger partial charge < -0.3 is 20.2 Å². The number of aromatic nitrogens is 4. The lowest BCUT2D eigenvalue weighted by molar-refractivity contribution is -0.137. The molecule has 0 spiro atoms. The second-order valence-corrected chi connectivity index (χ2v) is 11.4. The van der Waals surface area contributed by atoms with Crippen LogP contribution >= 0.6 is 0 Å². The minimum absolute atomic E-state index is 0.0839. The summed E-state index contributed by atoms with van der Waals surface area (Å²) in [5.74, 6) is -1.93. The van der Waals surface area contributed by atoms with E-state index in [1.54, 1.807) is 32.0 Å². The van der Waals surface area contributed by atoms with Crippen molar-refractivity contribution in [3.8, 4) is 0 Å². The molecular weight excluding hydrogens is 585 g/mol. The molecule has 0 radical (unpaired) electrons. The van der Waals surface area contributed by atoms with Gasteiger partial charge in [0.25, 0.3) is 0 Å². The van der Waals surface area contributed by atoms with Crippen LogP contribution in [0.3, 0.4) is 0 Å². The zero-order chi connectivity index (χ0) is 32.8. The van der Waals surface area contributed by atoms with Gasteiger partial charge in [0.05, 0.1) is 33.9 Å². The quantitative estimate of drug-likeness (QED) is 0.200. The molecule has 0 atom stereocenters. The molecule has 0 fully saturated rings. The number of carbonyl (C=O) groups is 2. The number of aliphatic carboxylic acids is 2. The molecule has 5 rings (SSSR count). The van der Waals surface area contributed by atoms with Crippen LogP contribution < -0.4 is 0 Å². The van der Waals surface area contributed by atoms with Crippen molar-refractivity contribution in [1.29, 1.82) is 0 Å². The fourth-order valence-corrected chi connectivity index (χ4v) is 6.32. The smallest absolute Gasteiger partial charge is 0.418 e. The Bertz CT molecular complexity index is 1960. The average Bonchev–Trinajstić information content (AvgIpc) is 3.63. The van der Waals surface area contributed by atoms with Crippen LogP contribution in [0.1, 0.15) is 98.4 Å². The summed E-state index contributed by atoms with van der Waals surface area (Å²) in [4.78, 5) is 39.0. The van der Waals surface area contributed by atoms with E-state index in [9.17, 15) is 33.0 Å². The lowest BCUT2D eigenvalue weighted by Gasteiger charge is -2.07. The second kappa shape index (κ2) is 12.0. The fourth-order valence-electron chi connectivity index (χ4n) is 6.32. The van der Waals surface area contributed by atoms with E-state index in [-0.39, 0.29) is 43.2 Å². The molecule has 2 aliphatic heterocycles. The normalized spacial score (nSPS) is 13.6. The molecule has 0 aliphatic carbocycles. The van der Waals surface area contributed by atoms with Crippen LogP contribution in [0.15, 0.2) is 24.3 Å². The molecule has 8 bridgehead atoms. The topological polar surface area (TPSA) is 132 Å². The number of fused-ring (bicyclic) bond motifs is 8. The van der Waals surface area contributed by atoms with Crippen LogP contribution in [0.25, 0.3) is 44.4 Å². The Morgan fingerprint density at radius 2 is 1.22 bits per heavy atom. The number of nitrogens with zero attached hydrogens (tertiary/aromatic N) is 2. The Kier molecular flexibility index (Phi) is 8.48. The lowest BCUT2D eigenvalue weighted by Crippen LogP contribution is -2.07. The van der Waals surface area contributed by atoms with E-state index in [1.807, 2.05) is 20.8 Å². The summed E-state index contributed by atoms with van der Waals surface area (Å²) < 4.78 is 43.8. The van der Waals surface area contributed by atoms with Gasteiger partial charge in [-0.05, 0) is 110 Å². The van der Waals surface area contributed by atoms with Crippen LogP contribution in [-0.2, 0) is 28.6 Å². The first kappa shape index (κ1) is 31.7. The minimum atomic E-state index is -4.62. The highest BCUT2D eigenvalue weighted by Gasteiger charge is 2.36. The number of H-pyrrole nitrogens is 2. The van der Waals surface area contributed by atoms with Gasteiger partial charge in [0.2, 0.25) is 0 Å². The fraction of sp³-hybridized carbons (Fsp3) is 0.353. The summed E-state index contributed by atoms with van der Waals surface area (Å²) in [6.45, 7) is 9.15. The molecule has 3 aromatic rings. The van der Waals surface area contributed by atoms with E-state index < -0.39 is 23.7 Å². The first-order valence-electron chi connectivity index (χ1n) is 14.9. The van der Waals surface area contributed by atoms with Crippen molar-refractivity contribution in [2.45, 2.75) is 79.3 Å². The first-order valence-corrected chi connectivity index (χ1v) is 14.9. The average molecular weight is 621 g/mol. The summed E-state index contributed by atoms with van der Waals surface area (Å²) in [7, 11) is 0. The zero-order valence-corrected chi connectivity index (χ0v) is 25.8. The van der Waals surface area contributed by atoms with Crippen molar-refractivity contribution < 1.29 is 33.0 Å². The molecule has 0 unspecified atom stereocenters. The maximum absolute atomic E-state index is 14.6. The molecule has 3 aromatic heterocycles. The third-order valence-electron chi connectivity index (χ3n) is 8.68. The summed E-state index contributed by atoms with van der Waals surface area (Å²) in [5.41, 5.74) is 7.40. The number of hydrogen-bond acceptors (Lipinski definition) is 4. The number of carboxylic acids is 2. The lowest BCUT2D eigenvalue weighted by atomic mass is 9.99. The van der Waals surface area contributed by atoms with Gasteiger partial charge in [-0.2, -0.15) is 13.2 Å². The Morgan fingerprint density at radius 1 is 0.689 bits per heavy atom. The molecular formula is C34H35F3N4O4. The summed E-state index contributed by atoms with van der Waals surface area (Å²) >= 11 is 0. The van der Waals surface area contributed by atoms with Crippen molar-refractivity contribution in [3.05, 3.63) is 69.3 Å². The predicted octanol–water partition coefficient (Wildman–Crippen LogP) is 8.36. The highest BCUT2D eigenvalue weighted by Crippen LogP contribution is 2.40. The number of halogens is 3. The summed E-state index contributed by atoms with van der Waals surface area (Å²) in [5, 5.41) is 18.9. The molecule has 5 heterocycles. The molecule has 0 saturated heterocycles. The number of nitrogens with one attached hydrogen (secondary N) is 2. The SMILES string of the molecule is CCC1=C(C)c2cc3nc(cc4[nH]c(cc5[nH]c(cc1n2)c(C(F)(F)F)c5CC)c(C)c4CCC(=O)O)C(CCC(=O)O)=C3C. The number of allylic oxidation sites excluding steroid dienone is 4. The Hall–Kier alpha value is -4.67. The molecule has 0 amide bonds. The van der Waals surface area contributed by atoms with Crippen molar-refractivity contribution in [2.24, 2.45) is 0 Å². The molecule has 4 N–H and O–H groups in total. The van der Waals surface area contributed by atoms with Gasteiger partial charge in [-0.3, -0.25) is 9.59 Å². The van der Waals surface area contributed by atoms with Crippen molar-refractivity contribution in [2.75, 3.05) is 0 Å². The van der Waals surface area contributed by atoms with Crippen molar-refractivity contribution >= 4 is 56.3 Å². The van der Waals surface area contributed by atoms with Crippen molar-refractivity contribution in [1.82, 2.24) is 19.9 Å². The Labute approximate surface area is 257 Å². The number of hydrogen-bond donors (Lipinski definition) is 4. The number of rotatable bonds is 8. The van der Waals surface area contributed by atoms with Gasteiger partial charge >= 0.3 is 18.1 Å². The first-order chi connectivity index (χ1) is 21.2. The van der Waals surface area contributed by atoms with Gasteiger partial charge in [-0.25, -0.2) is 9.97 Å². The highest BCUT2D eigenvalue weighted by molar-refractivity contribution is 5.96. The monoisotopic (exact) mass is 620 g/mol. The van der Waals surface area contributed by atoms with Crippen molar-refractivity contribution in [3.63, 3.8) is 0 Å². The standard InChI is InChI=1S/C34H35F3N4O4/c1-6-19-16(3)23-12-24-17(4)21(8-10-31(42)43)28(39-24)14-29-22(9-11-32(44)45)18(5)25(40-29)13-27-20(7-2)33(34(35,36)37)30(41-27)15-26(19)38-23/h12-15,40-41H,6-11H2,1-5H3,(H,42,43)(H,44,45). The number of aryl methyl sites for hydroxylation is 3. The van der Waals surface area contributed by atoms with E-state index in [4.69, 9.17) is 9.97 Å². The second-order valence-electron chi connectivity index (χ2n) is 11.4. The molecule has 0 aromatic carbocycles. The number of alkyl halides is 3. The van der Waals surface area contributed by atoms with Crippen LogP contribution in [0.2, 0.25) is 0 Å². The van der Waals surface area contributed by atoms with E-state index in [1.165, 1.54) is 6.07 Å². The maximum Gasteiger partial charge on any atom is 0.418 e. The predicted molar refractivity (Wildman–Crippen MR) is 168 cm³/mol. The highest BCUT2D eigenvalue weighted by atomic mass is 19.4. The van der Waals surface area contributed by atoms with Gasteiger partial charge in [0.15, 0.2) is 0 Å². The van der Waals surface area contributed by atoms with Crippen LogP contribution in [-0.4, -0.2) is 42.1 Å². The van der Waals surface area contributed by atoms with Gasteiger partial charge in [-0.15, -0.1) is 0 Å². The molecule has 0 saturated carbocycles. The van der Waals surface area contributed by atoms with E-state index in [0.717, 1.165) is 22.3 Å². The molecule has 2 aliphatic rings. The molecule has 11 heteroatoms. The third-order valence-corrected chi connectivity index (χ3v) is 8.68. The number of aromatic amines is 2. The molecule has 236 valence electrons. The Balaban J connectivity index is 1.98. The maximum atomic E-state index is 14.6. The third kappa shape index (κ3) is 6.03. The minimum Gasteiger partial charge on any atom is -0.481 e. The largest absolute Gasteiger partial charge is 0.481 e. The molecule has 8 nitrogen and oxygen atoms in total. The summed E-state index contributed by atoms with van der Waals surface area (Å²) in [6.07, 6.45) is -3.80. The summed E-state index contributed by atoms with van der Waals surface area (Å²) in [6, 6.07) is 6.67.